The molecular weight excluding hydrogens is 381 g/mol. The van der Waals surface area contributed by atoms with Gasteiger partial charge in [0.05, 0.1) is 0 Å². The molecule has 0 aliphatic carbocycles. The molecule has 0 radical (unpaired) electrons. The van der Waals surface area contributed by atoms with Crippen LogP contribution in [0.5, 0.6) is 0 Å². The van der Waals surface area contributed by atoms with Crippen molar-refractivity contribution >= 4 is 36.4 Å². The number of benzene rings is 1. The van der Waals surface area contributed by atoms with Crippen molar-refractivity contribution in [2.75, 3.05) is 31.5 Å². The van der Waals surface area contributed by atoms with Gasteiger partial charge < -0.3 is 10.6 Å². The van der Waals surface area contributed by atoms with E-state index in [2.05, 4.69) is 40.7 Å². The maximum Gasteiger partial charge on any atom is 0.224 e. The van der Waals surface area contributed by atoms with E-state index in [1.165, 1.54) is 50.8 Å². The number of hydrogen-bond donors (Lipinski definition) is 2. The molecule has 2 aliphatic heterocycles. The third-order valence-corrected chi connectivity index (χ3v) is 5.71. The molecule has 1 aromatic rings. The van der Waals surface area contributed by atoms with E-state index >= 15 is 0 Å². The van der Waals surface area contributed by atoms with Gasteiger partial charge in [-0.3, -0.25) is 9.69 Å². The average molecular weight is 416 g/mol. The van der Waals surface area contributed by atoms with E-state index in [1.807, 2.05) is 6.07 Å². The van der Waals surface area contributed by atoms with Crippen molar-refractivity contribution in [1.82, 2.24) is 10.2 Å². The van der Waals surface area contributed by atoms with E-state index in [0.29, 0.717) is 18.3 Å². The van der Waals surface area contributed by atoms with Crippen molar-refractivity contribution in [3.8, 4) is 0 Å². The highest BCUT2D eigenvalue weighted by Crippen LogP contribution is 2.23. The molecule has 1 amide bonds. The van der Waals surface area contributed by atoms with Gasteiger partial charge in [0.15, 0.2) is 0 Å². The monoisotopic (exact) mass is 415 g/mol. The Kier molecular flexibility index (Phi) is 11.3. The first-order chi connectivity index (χ1) is 12.2. The average Bonchev–Trinajstić information content (AvgIpc) is 2.63. The Morgan fingerprint density at radius 2 is 2.00 bits per heavy atom. The van der Waals surface area contributed by atoms with Crippen LogP contribution in [0.4, 0.5) is 5.69 Å². The zero-order valence-electron chi connectivity index (χ0n) is 16.4. The molecule has 6 heteroatoms. The van der Waals surface area contributed by atoms with Gasteiger partial charge in [-0.1, -0.05) is 25.5 Å². The van der Waals surface area contributed by atoms with Crippen LogP contribution in [0.1, 0.15) is 51.0 Å². The summed E-state index contributed by atoms with van der Waals surface area (Å²) in [7, 11) is 0. The Hall–Kier alpha value is -0.810. The number of anilines is 1. The molecule has 2 atom stereocenters. The van der Waals surface area contributed by atoms with Gasteiger partial charge in [-0.05, 0) is 81.4 Å². The third kappa shape index (κ3) is 7.98. The molecule has 3 rings (SSSR count). The lowest BCUT2D eigenvalue weighted by Crippen LogP contribution is -2.34. The number of amides is 1. The zero-order valence-corrected chi connectivity index (χ0v) is 18.0. The molecule has 2 fully saturated rings. The van der Waals surface area contributed by atoms with Gasteiger partial charge in [-0.2, -0.15) is 0 Å². The van der Waals surface area contributed by atoms with Crippen LogP contribution in [0.2, 0.25) is 0 Å². The highest BCUT2D eigenvalue weighted by Gasteiger charge is 2.22. The third-order valence-electron chi connectivity index (χ3n) is 5.71. The summed E-state index contributed by atoms with van der Waals surface area (Å²) in [6.45, 7) is 7.78. The summed E-state index contributed by atoms with van der Waals surface area (Å²) in [5, 5.41) is 6.56. The summed E-state index contributed by atoms with van der Waals surface area (Å²) in [4.78, 5) is 14.9. The van der Waals surface area contributed by atoms with E-state index in [4.69, 9.17) is 0 Å². The van der Waals surface area contributed by atoms with Gasteiger partial charge in [0.1, 0.15) is 0 Å². The predicted octanol–water partition coefficient (Wildman–Crippen LogP) is 4.48. The normalized spacial score (nSPS) is 21.4. The zero-order chi connectivity index (χ0) is 17.5. The fourth-order valence-electron chi connectivity index (χ4n) is 4.16. The molecule has 0 aromatic heterocycles. The fraction of sp³-hybridized carbons (Fsp3) is 0.667. The van der Waals surface area contributed by atoms with Crippen LogP contribution in [0, 0.1) is 11.8 Å². The second-order valence-corrected chi connectivity index (χ2v) is 7.87. The van der Waals surface area contributed by atoms with Gasteiger partial charge >= 0.3 is 0 Å². The molecule has 2 saturated heterocycles. The minimum atomic E-state index is 0. The van der Waals surface area contributed by atoms with E-state index in [9.17, 15) is 4.79 Å². The van der Waals surface area contributed by atoms with Gasteiger partial charge in [0.25, 0.3) is 0 Å². The molecule has 0 bridgehead atoms. The second-order valence-electron chi connectivity index (χ2n) is 7.87. The number of rotatable bonds is 6. The van der Waals surface area contributed by atoms with Crippen molar-refractivity contribution in [2.24, 2.45) is 11.8 Å². The van der Waals surface area contributed by atoms with Crippen molar-refractivity contribution in [2.45, 2.75) is 52.0 Å². The summed E-state index contributed by atoms with van der Waals surface area (Å²) in [6, 6.07) is 8.37. The highest BCUT2D eigenvalue weighted by atomic mass is 35.5. The van der Waals surface area contributed by atoms with E-state index in [1.54, 1.807) is 0 Å². The van der Waals surface area contributed by atoms with Crippen LogP contribution < -0.4 is 10.6 Å². The number of piperidine rings is 2. The van der Waals surface area contributed by atoms with Crippen molar-refractivity contribution in [3.05, 3.63) is 29.8 Å². The number of nitrogens with one attached hydrogen (secondary N) is 2. The lowest BCUT2D eigenvalue weighted by Gasteiger charge is -2.28. The Labute approximate surface area is 176 Å². The topological polar surface area (TPSA) is 44.4 Å². The lowest BCUT2D eigenvalue weighted by atomic mass is 9.85. The standard InChI is InChI=1S/C21H33N3O.2ClH/c1-17(19-8-6-10-22-15-19)13-21(25)23-20-9-5-7-18(14-20)16-24-11-3-2-4-12-24;;/h5,7,9,14,17,19,22H,2-4,6,8,10-13,15-16H2,1H3,(H,23,25);2*1H. The molecule has 27 heavy (non-hydrogen) atoms. The molecule has 2 heterocycles. The largest absolute Gasteiger partial charge is 0.326 e. The van der Waals surface area contributed by atoms with E-state index in [-0.39, 0.29) is 30.7 Å². The number of carbonyl (C=O) groups is 1. The van der Waals surface area contributed by atoms with Gasteiger partial charge in [-0.15, -0.1) is 24.8 Å². The fourth-order valence-corrected chi connectivity index (χ4v) is 4.16. The predicted molar refractivity (Wildman–Crippen MR) is 118 cm³/mol. The van der Waals surface area contributed by atoms with Gasteiger partial charge in [0, 0.05) is 18.7 Å². The van der Waals surface area contributed by atoms with Crippen LogP contribution in [0.15, 0.2) is 24.3 Å². The minimum absolute atomic E-state index is 0. The van der Waals surface area contributed by atoms with Crippen LogP contribution >= 0.6 is 24.8 Å². The van der Waals surface area contributed by atoms with Crippen molar-refractivity contribution in [3.63, 3.8) is 0 Å². The first kappa shape index (κ1) is 24.2. The number of likely N-dealkylation sites (tertiary alicyclic amines) is 1. The maximum absolute atomic E-state index is 12.4. The Morgan fingerprint density at radius 3 is 2.70 bits per heavy atom. The lowest BCUT2D eigenvalue weighted by molar-refractivity contribution is -0.117. The molecule has 1 aromatic carbocycles. The Morgan fingerprint density at radius 1 is 1.22 bits per heavy atom. The van der Waals surface area contributed by atoms with Crippen LogP contribution in [0.3, 0.4) is 0 Å². The maximum atomic E-state index is 12.4. The number of carbonyl (C=O) groups excluding carboxylic acids is 1. The molecular formula is C21H35Cl2N3O. The number of nitrogens with zero attached hydrogens (tertiary/aromatic N) is 1. The molecule has 154 valence electrons. The van der Waals surface area contributed by atoms with Gasteiger partial charge in [-0.25, -0.2) is 0 Å². The van der Waals surface area contributed by atoms with Crippen LogP contribution in [-0.2, 0) is 11.3 Å². The van der Waals surface area contributed by atoms with E-state index in [0.717, 1.165) is 25.3 Å². The molecule has 2 unspecified atom stereocenters. The number of hydrogen-bond acceptors (Lipinski definition) is 3. The minimum Gasteiger partial charge on any atom is -0.326 e. The second kappa shape index (κ2) is 12.6. The molecule has 2 aliphatic rings. The summed E-state index contributed by atoms with van der Waals surface area (Å²) in [5.74, 6) is 1.21. The van der Waals surface area contributed by atoms with Crippen molar-refractivity contribution < 1.29 is 4.79 Å². The first-order valence-electron chi connectivity index (χ1n) is 10.0. The van der Waals surface area contributed by atoms with Gasteiger partial charge in [0.2, 0.25) is 5.91 Å². The first-order valence-corrected chi connectivity index (χ1v) is 10.0. The van der Waals surface area contributed by atoms with Crippen LogP contribution in [-0.4, -0.2) is 37.0 Å². The summed E-state index contributed by atoms with van der Waals surface area (Å²) >= 11 is 0. The molecule has 0 spiro atoms. The SMILES string of the molecule is CC(CC(=O)Nc1cccc(CN2CCCCC2)c1)C1CCCNC1.Cl.Cl. The summed E-state index contributed by atoms with van der Waals surface area (Å²) in [5.41, 5.74) is 2.23. The summed E-state index contributed by atoms with van der Waals surface area (Å²) in [6.07, 6.45) is 7.07. The Bertz CT molecular complexity index is 558. The smallest absolute Gasteiger partial charge is 0.224 e. The number of halogens is 2. The Balaban J connectivity index is 0.00000182. The molecule has 2 N–H and O–H groups in total. The van der Waals surface area contributed by atoms with Crippen LogP contribution in [0.25, 0.3) is 0 Å². The molecule has 4 nitrogen and oxygen atoms in total. The van der Waals surface area contributed by atoms with E-state index < -0.39 is 0 Å². The summed E-state index contributed by atoms with van der Waals surface area (Å²) < 4.78 is 0. The molecule has 0 saturated carbocycles. The quantitative estimate of drug-likeness (QED) is 0.719. The van der Waals surface area contributed by atoms with Crippen molar-refractivity contribution in [1.29, 1.82) is 0 Å². The highest BCUT2D eigenvalue weighted by molar-refractivity contribution is 5.90.